The summed E-state index contributed by atoms with van der Waals surface area (Å²) < 4.78 is 5.62. The summed E-state index contributed by atoms with van der Waals surface area (Å²) in [7, 11) is 0. The van der Waals surface area contributed by atoms with E-state index >= 15 is 0 Å². The first kappa shape index (κ1) is 20.0. The van der Waals surface area contributed by atoms with Gasteiger partial charge in [0.1, 0.15) is 12.3 Å². The predicted molar refractivity (Wildman–Crippen MR) is 115 cm³/mol. The van der Waals surface area contributed by atoms with Crippen LogP contribution >= 0.6 is 0 Å². The number of carbonyl (C=O) groups excluding carboxylic acids is 4. The van der Waals surface area contributed by atoms with Crippen LogP contribution in [0, 0.1) is 0 Å². The molecular weight excluding hydrogens is 412 g/mol. The lowest BCUT2D eigenvalue weighted by Gasteiger charge is -2.33. The molecule has 9 nitrogen and oxygen atoms in total. The monoisotopic (exact) mass is 434 g/mol. The normalized spacial score (nSPS) is 22.1. The maximum absolute atomic E-state index is 13.2. The fourth-order valence-corrected chi connectivity index (χ4v) is 4.51. The van der Waals surface area contributed by atoms with E-state index in [0.29, 0.717) is 36.4 Å². The number of ether oxygens (including phenoxy) is 1. The third-order valence-electron chi connectivity index (χ3n) is 6.10. The lowest BCUT2D eigenvalue weighted by Crippen LogP contribution is -2.48. The van der Waals surface area contributed by atoms with E-state index < -0.39 is 29.9 Å². The van der Waals surface area contributed by atoms with E-state index in [0.717, 1.165) is 17.0 Å². The highest BCUT2D eigenvalue weighted by molar-refractivity contribution is 6.10. The Kier molecular flexibility index (Phi) is 4.80. The summed E-state index contributed by atoms with van der Waals surface area (Å²) in [6.45, 7) is 0.573. The van der Waals surface area contributed by atoms with Crippen molar-refractivity contribution in [1.82, 2.24) is 10.2 Å². The molecule has 0 saturated carbocycles. The summed E-state index contributed by atoms with van der Waals surface area (Å²) in [5, 5.41) is 5.49. The van der Waals surface area contributed by atoms with Gasteiger partial charge in [-0.15, -0.1) is 0 Å². The lowest BCUT2D eigenvalue weighted by molar-refractivity contribution is -0.135. The van der Waals surface area contributed by atoms with Gasteiger partial charge in [0, 0.05) is 36.3 Å². The van der Waals surface area contributed by atoms with Gasteiger partial charge in [0.15, 0.2) is 5.54 Å². The molecule has 32 heavy (non-hydrogen) atoms. The highest BCUT2D eigenvalue weighted by Crippen LogP contribution is 2.40. The van der Waals surface area contributed by atoms with Gasteiger partial charge in [-0.1, -0.05) is 18.2 Å². The second-order valence-electron chi connectivity index (χ2n) is 8.07. The number of hydrogen-bond donors (Lipinski definition) is 2. The number of hydrogen-bond acceptors (Lipinski definition) is 5. The van der Waals surface area contributed by atoms with Gasteiger partial charge in [-0.2, -0.15) is 0 Å². The van der Waals surface area contributed by atoms with Gasteiger partial charge in [0.2, 0.25) is 11.8 Å². The number of anilines is 2. The molecule has 0 aromatic heterocycles. The van der Waals surface area contributed by atoms with Gasteiger partial charge in [0.05, 0.1) is 6.61 Å². The van der Waals surface area contributed by atoms with Gasteiger partial charge in [-0.05, 0) is 36.8 Å². The van der Waals surface area contributed by atoms with Crippen LogP contribution in [0.3, 0.4) is 0 Å². The van der Waals surface area contributed by atoms with Gasteiger partial charge in [-0.25, -0.2) is 4.79 Å². The number of nitrogens with zero attached hydrogens (tertiary/aromatic N) is 2. The van der Waals surface area contributed by atoms with Crippen molar-refractivity contribution in [2.45, 2.75) is 24.8 Å². The average Bonchev–Trinajstić information content (AvgIpc) is 3.32. The molecule has 3 heterocycles. The Labute approximate surface area is 184 Å². The van der Waals surface area contributed by atoms with Crippen molar-refractivity contribution in [1.29, 1.82) is 0 Å². The average molecular weight is 434 g/mol. The van der Waals surface area contributed by atoms with Crippen LogP contribution in [0.5, 0.6) is 5.75 Å². The van der Waals surface area contributed by atoms with Crippen LogP contribution in [0.2, 0.25) is 0 Å². The Morgan fingerprint density at radius 2 is 1.88 bits per heavy atom. The topological polar surface area (TPSA) is 108 Å². The highest BCUT2D eigenvalue weighted by Gasteiger charge is 2.55. The minimum Gasteiger partial charge on any atom is -0.493 e. The first-order valence-electron chi connectivity index (χ1n) is 10.5. The smallest absolute Gasteiger partial charge is 0.325 e. The Balaban J connectivity index is 1.28. The van der Waals surface area contributed by atoms with E-state index in [-0.39, 0.29) is 12.5 Å². The zero-order valence-electron chi connectivity index (χ0n) is 17.3. The van der Waals surface area contributed by atoms with E-state index in [9.17, 15) is 19.2 Å². The first-order chi connectivity index (χ1) is 15.5. The van der Waals surface area contributed by atoms with Crippen LogP contribution in [0.1, 0.15) is 24.8 Å². The van der Waals surface area contributed by atoms with E-state index in [1.807, 2.05) is 0 Å². The van der Waals surface area contributed by atoms with Crippen molar-refractivity contribution < 1.29 is 23.9 Å². The summed E-state index contributed by atoms with van der Waals surface area (Å²) in [6, 6.07) is 13.4. The Morgan fingerprint density at radius 1 is 1.09 bits per heavy atom. The summed E-state index contributed by atoms with van der Waals surface area (Å²) in [4.78, 5) is 53.0. The number of amides is 5. The van der Waals surface area contributed by atoms with Crippen molar-refractivity contribution in [2.75, 3.05) is 29.9 Å². The molecule has 9 heteroatoms. The molecule has 0 radical (unpaired) electrons. The van der Waals surface area contributed by atoms with Gasteiger partial charge in [-0.3, -0.25) is 19.3 Å². The summed E-state index contributed by atoms with van der Waals surface area (Å²) >= 11 is 0. The number of para-hydroxylation sites is 1. The van der Waals surface area contributed by atoms with Crippen LogP contribution in [-0.2, 0) is 19.9 Å². The SMILES string of the molecule is O=C(CN1C(=O)N[C@]2(CCOc3ccccc32)C1=O)Nc1ccc(N2CCCC2=O)cc1. The molecule has 3 aliphatic rings. The van der Waals surface area contributed by atoms with E-state index in [2.05, 4.69) is 10.6 Å². The fourth-order valence-electron chi connectivity index (χ4n) is 4.51. The van der Waals surface area contributed by atoms with Crippen LogP contribution in [0.4, 0.5) is 16.2 Å². The number of nitrogens with one attached hydrogen (secondary N) is 2. The Bertz CT molecular complexity index is 1120. The summed E-state index contributed by atoms with van der Waals surface area (Å²) in [6.07, 6.45) is 1.67. The molecule has 0 aliphatic carbocycles. The molecule has 2 aromatic rings. The third-order valence-corrected chi connectivity index (χ3v) is 6.10. The van der Waals surface area contributed by atoms with Gasteiger partial charge < -0.3 is 20.3 Å². The zero-order chi connectivity index (χ0) is 22.3. The van der Waals surface area contributed by atoms with Crippen LogP contribution < -0.4 is 20.3 Å². The quantitative estimate of drug-likeness (QED) is 0.716. The molecule has 0 bridgehead atoms. The number of benzene rings is 2. The molecule has 1 atom stereocenters. The molecule has 2 saturated heterocycles. The maximum Gasteiger partial charge on any atom is 0.325 e. The van der Waals surface area contributed by atoms with Crippen molar-refractivity contribution in [2.24, 2.45) is 0 Å². The largest absolute Gasteiger partial charge is 0.493 e. The molecule has 2 aromatic carbocycles. The van der Waals surface area contributed by atoms with Crippen LogP contribution in [-0.4, -0.2) is 48.3 Å². The Hall–Kier alpha value is -3.88. The second kappa shape index (κ2) is 7.67. The number of imide groups is 1. The summed E-state index contributed by atoms with van der Waals surface area (Å²) in [5.74, 6) is -0.313. The molecule has 164 valence electrons. The minimum atomic E-state index is -1.21. The Morgan fingerprint density at radius 3 is 2.62 bits per heavy atom. The van der Waals surface area contributed by atoms with Gasteiger partial charge >= 0.3 is 6.03 Å². The molecule has 2 fully saturated rings. The van der Waals surface area contributed by atoms with Crippen molar-refractivity contribution in [3.63, 3.8) is 0 Å². The van der Waals surface area contributed by atoms with E-state index in [1.165, 1.54) is 0 Å². The maximum atomic E-state index is 13.2. The van der Waals surface area contributed by atoms with Crippen molar-refractivity contribution in [3.8, 4) is 5.75 Å². The molecule has 1 spiro atoms. The molecule has 5 rings (SSSR count). The number of fused-ring (bicyclic) bond motifs is 2. The summed E-state index contributed by atoms with van der Waals surface area (Å²) in [5.41, 5.74) is 0.679. The van der Waals surface area contributed by atoms with Crippen LogP contribution in [0.15, 0.2) is 48.5 Å². The number of rotatable bonds is 4. The minimum absolute atomic E-state index is 0.0870. The highest BCUT2D eigenvalue weighted by atomic mass is 16.5. The lowest BCUT2D eigenvalue weighted by atomic mass is 9.84. The molecular formula is C23H22N4O5. The molecule has 5 amide bonds. The second-order valence-corrected chi connectivity index (χ2v) is 8.07. The third kappa shape index (κ3) is 3.26. The van der Waals surface area contributed by atoms with Crippen molar-refractivity contribution >= 4 is 35.1 Å². The molecule has 3 aliphatic heterocycles. The van der Waals surface area contributed by atoms with Gasteiger partial charge in [0.25, 0.3) is 5.91 Å². The fraction of sp³-hybridized carbons (Fsp3) is 0.304. The van der Waals surface area contributed by atoms with Crippen molar-refractivity contribution in [3.05, 3.63) is 54.1 Å². The standard InChI is InChI=1S/C23H22N4O5/c28-19(24-15-7-9-16(10-8-15)26-12-3-6-20(26)29)14-27-21(30)23(25-22(27)31)11-13-32-18-5-2-1-4-17(18)23/h1-2,4-5,7-10H,3,6,11-14H2,(H,24,28)(H,25,31)/t23-/m0/s1. The number of urea groups is 1. The van der Waals surface area contributed by atoms with Crippen LogP contribution in [0.25, 0.3) is 0 Å². The van der Waals surface area contributed by atoms with E-state index in [4.69, 9.17) is 4.74 Å². The molecule has 2 N–H and O–H groups in total. The first-order valence-corrected chi connectivity index (χ1v) is 10.5. The molecule has 0 unspecified atom stereocenters. The zero-order valence-corrected chi connectivity index (χ0v) is 17.3. The number of carbonyl (C=O) groups is 4. The predicted octanol–water partition coefficient (Wildman–Crippen LogP) is 1.98. The van der Waals surface area contributed by atoms with E-state index in [1.54, 1.807) is 53.4 Å².